The number of hydrogen-bond acceptors (Lipinski definition) is 4. The third-order valence-corrected chi connectivity index (χ3v) is 7.08. The summed E-state index contributed by atoms with van der Waals surface area (Å²) >= 11 is 1.47. The van der Waals surface area contributed by atoms with Gasteiger partial charge < -0.3 is 15.1 Å². The van der Waals surface area contributed by atoms with Crippen molar-refractivity contribution in [1.82, 2.24) is 4.90 Å². The van der Waals surface area contributed by atoms with Crippen LogP contribution in [0.1, 0.15) is 26.3 Å². The van der Waals surface area contributed by atoms with E-state index in [0.717, 1.165) is 21.9 Å². The molecular formula is C25H20F3N3O2S. The van der Waals surface area contributed by atoms with Crippen LogP contribution in [-0.4, -0.2) is 42.9 Å². The molecule has 0 saturated carbocycles. The zero-order valence-corrected chi connectivity index (χ0v) is 18.7. The van der Waals surface area contributed by atoms with Crippen LogP contribution in [0.3, 0.4) is 0 Å². The first-order valence-corrected chi connectivity index (χ1v) is 11.5. The van der Waals surface area contributed by atoms with Crippen LogP contribution in [0.25, 0.3) is 0 Å². The van der Waals surface area contributed by atoms with Crippen LogP contribution in [0.2, 0.25) is 0 Å². The first kappa shape index (κ1) is 22.3. The van der Waals surface area contributed by atoms with Crippen LogP contribution in [0.5, 0.6) is 0 Å². The minimum atomic E-state index is -4.39. The van der Waals surface area contributed by atoms with Crippen molar-refractivity contribution in [2.45, 2.75) is 16.0 Å². The van der Waals surface area contributed by atoms with E-state index in [4.69, 9.17) is 0 Å². The third-order valence-electron chi connectivity index (χ3n) is 5.93. The Morgan fingerprint density at radius 1 is 0.882 bits per heavy atom. The normalized spacial score (nSPS) is 15.8. The molecular weight excluding hydrogens is 463 g/mol. The van der Waals surface area contributed by atoms with Crippen molar-refractivity contribution in [2.24, 2.45) is 0 Å². The molecule has 0 bridgehead atoms. The quantitative estimate of drug-likeness (QED) is 0.532. The molecule has 0 radical (unpaired) electrons. The zero-order chi connectivity index (χ0) is 23.9. The molecule has 174 valence electrons. The summed E-state index contributed by atoms with van der Waals surface area (Å²) in [6, 6.07) is 17.8. The number of nitrogens with zero attached hydrogens (tertiary/aromatic N) is 2. The molecule has 1 saturated heterocycles. The molecule has 3 aromatic carbocycles. The summed E-state index contributed by atoms with van der Waals surface area (Å²) in [6.07, 6.45) is -4.39. The molecule has 5 rings (SSSR count). The first-order chi connectivity index (χ1) is 16.3. The Balaban J connectivity index is 1.29. The average Bonchev–Trinajstić information content (AvgIpc) is 2.98. The maximum Gasteiger partial charge on any atom is 0.416 e. The fraction of sp³-hybridized carbons (Fsp3) is 0.200. The average molecular weight is 484 g/mol. The van der Waals surface area contributed by atoms with Crippen LogP contribution in [-0.2, 0) is 6.18 Å². The number of alkyl halides is 3. The van der Waals surface area contributed by atoms with Crippen LogP contribution in [0.15, 0.2) is 76.5 Å². The van der Waals surface area contributed by atoms with Gasteiger partial charge in [-0.3, -0.25) is 9.59 Å². The lowest BCUT2D eigenvalue weighted by molar-refractivity contribution is -0.137. The second-order valence-corrected chi connectivity index (χ2v) is 9.17. The number of anilines is 2. The number of rotatable bonds is 2. The largest absolute Gasteiger partial charge is 0.416 e. The molecule has 1 fully saturated rings. The van der Waals surface area contributed by atoms with Crippen LogP contribution >= 0.6 is 11.8 Å². The van der Waals surface area contributed by atoms with Crippen molar-refractivity contribution in [3.8, 4) is 0 Å². The van der Waals surface area contributed by atoms with Gasteiger partial charge in [0.2, 0.25) is 0 Å². The Kier molecular flexibility index (Phi) is 5.73. The Morgan fingerprint density at radius 2 is 1.65 bits per heavy atom. The zero-order valence-electron chi connectivity index (χ0n) is 17.9. The van der Waals surface area contributed by atoms with E-state index >= 15 is 0 Å². The van der Waals surface area contributed by atoms with Gasteiger partial charge in [-0.1, -0.05) is 30.0 Å². The molecule has 0 aliphatic carbocycles. The van der Waals surface area contributed by atoms with Gasteiger partial charge in [-0.2, -0.15) is 13.2 Å². The van der Waals surface area contributed by atoms with Gasteiger partial charge in [-0.05, 0) is 48.5 Å². The van der Waals surface area contributed by atoms with Gasteiger partial charge in [0.05, 0.1) is 16.8 Å². The van der Waals surface area contributed by atoms with E-state index in [9.17, 15) is 22.8 Å². The fourth-order valence-corrected chi connectivity index (χ4v) is 5.14. The first-order valence-electron chi connectivity index (χ1n) is 10.7. The van der Waals surface area contributed by atoms with Crippen molar-refractivity contribution in [1.29, 1.82) is 0 Å². The smallest absolute Gasteiger partial charge is 0.368 e. The van der Waals surface area contributed by atoms with Gasteiger partial charge >= 0.3 is 6.18 Å². The maximum absolute atomic E-state index is 13.1. The summed E-state index contributed by atoms with van der Waals surface area (Å²) in [7, 11) is 0. The van der Waals surface area contributed by atoms with E-state index in [1.807, 2.05) is 29.2 Å². The van der Waals surface area contributed by atoms with Gasteiger partial charge in [-0.15, -0.1) is 0 Å². The number of hydrogen-bond donors (Lipinski definition) is 1. The molecule has 0 atom stereocenters. The molecule has 2 heterocycles. The second kappa shape index (κ2) is 8.72. The van der Waals surface area contributed by atoms with Crippen LogP contribution < -0.4 is 10.2 Å². The monoisotopic (exact) mass is 483 g/mol. The lowest BCUT2D eigenvalue weighted by Gasteiger charge is -2.36. The molecule has 34 heavy (non-hydrogen) atoms. The van der Waals surface area contributed by atoms with Crippen LogP contribution in [0, 0.1) is 0 Å². The number of benzene rings is 3. The molecule has 0 unspecified atom stereocenters. The Labute approximate surface area is 198 Å². The van der Waals surface area contributed by atoms with E-state index in [1.165, 1.54) is 17.8 Å². The second-order valence-electron chi connectivity index (χ2n) is 8.09. The standard InChI is InChI=1S/C25H20F3N3O2S/c26-25(27,28)17-4-3-5-18(15-17)30-10-12-31(13-11-30)24(33)16-8-9-22-20(14-16)29-23(32)19-6-1-2-7-21(19)34-22/h1-9,14-15H,10-13H2,(H,29,32). The molecule has 5 nitrogen and oxygen atoms in total. The topological polar surface area (TPSA) is 52.7 Å². The molecule has 3 aromatic rings. The third kappa shape index (κ3) is 4.35. The number of carbonyl (C=O) groups excluding carboxylic acids is 2. The van der Waals surface area contributed by atoms with E-state index in [1.54, 1.807) is 29.2 Å². The summed E-state index contributed by atoms with van der Waals surface area (Å²) in [5, 5.41) is 2.89. The van der Waals surface area contributed by atoms with Crippen LogP contribution in [0.4, 0.5) is 24.5 Å². The minimum absolute atomic E-state index is 0.174. The molecule has 2 aliphatic rings. The fourth-order valence-electron chi connectivity index (χ4n) is 4.13. The lowest BCUT2D eigenvalue weighted by atomic mass is 10.1. The Bertz CT molecular complexity index is 1270. The highest BCUT2D eigenvalue weighted by Gasteiger charge is 2.31. The van der Waals surface area contributed by atoms with Gasteiger partial charge in [0.25, 0.3) is 11.8 Å². The number of nitrogens with one attached hydrogen (secondary N) is 1. The van der Waals surface area contributed by atoms with Crippen molar-refractivity contribution < 1.29 is 22.8 Å². The van der Waals surface area contributed by atoms with Crippen molar-refractivity contribution in [3.63, 3.8) is 0 Å². The van der Waals surface area contributed by atoms with Crippen molar-refractivity contribution in [3.05, 3.63) is 83.4 Å². The Hall–Kier alpha value is -3.46. The molecule has 2 aliphatic heterocycles. The van der Waals surface area contributed by atoms with Crippen molar-refractivity contribution in [2.75, 3.05) is 36.4 Å². The SMILES string of the molecule is O=C1Nc2cc(C(=O)N3CCN(c4cccc(C(F)(F)F)c4)CC3)ccc2Sc2ccccc21. The van der Waals surface area contributed by atoms with E-state index in [0.29, 0.717) is 48.7 Å². The number of fused-ring (bicyclic) bond motifs is 2. The Morgan fingerprint density at radius 3 is 2.41 bits per heavy atom. The number of amides is 2. The van der Waals surface area contributed by atoms with Gasteiger partial charge in [0.1, 0.15) is 0 Å². The van der Waals surface area contributed by atoms with Gasteiger partial charge in [-0.25, -0.2) is 0 Å². The summed E-state index contributed by atoms with van der Waals surface area (Å²) in [5.74, 6) is -0.395. The van der Waals surface area contributed by atoms with E-state index < -0.39 is 11.7 Å². The highest BCUT2D eigenvalue weighted by atomic mass is 32.2. The van der Waals surface area contributed by atoms with E-state index in [2.05, 4.69) is 5.32 Å². The van der Waals surface area contributed by atoms with E-state index in [-0.39, 0.29) is 11.8 Å². The predicted molar refractivity (Wildman–Crippen MR) is 125 cm³/mol. The molecule has 1 N–H and O–H groups in total. The maximum atomic E-state index is 13.1. The number of carbonyl (C=O) groups is 2. The summed E-state index contributed by atoms with van der Waals surface area (Å²) < 4.78 is 39.1. The summed E-state index contributed by atoms with van der Waals surface area (Å²) in [6.45, 7) is 1.64. The summed E-state index contributed by atoms with van der Waals surface area (Å²) in [5.41, 5.74) is 1.43. The van der Waals surface area contributed by atoms with Crippen molar-refractivity contribution >= 4 is 35.0 Å². The predicted octanol–water partition coefficient (Wildman–Crippen LogP) is 5.38. The highest BCUT2D eigenvalue weighted by molar-refractivity contribution is 7.99. The number of piperazine rings is 1. The van der Waals surface area contributed by atoms with Gasteiger partial charge in [0, 0.05) is 47.2 Å². The molecule has 0 spiro atoms. The summed E-state index contributed by atoms with van der Waals surface area (Å²) in [4.78, 5) is 31.0. The molecule has 0 aromatic heterocycles. The molecule has 2 amide bonds. The number of halogens is 3. The van der Waals surface area contributed by atoms with Gasteiger partial charge in [0.15, 0.2) is 0 Å². The lowest BCUT2D eigenvalue weighted by Crippen LogP contribution is -2.48. The molecule has 9 heteroatoms. The minimum Gasteiger partial charge on any atom is -0.368 e. The highest BCUT2D eigenvalue weighted by Crippen LogP contribution is 2.39.